The molecule has 0 aromatic heterocycles. The van der Waals surface area contributed by atoms with Gasteiger partial charge in [-0.2, -0.15) is 0 Å². The minimum Gasteiger partial charge on any atom is -0.477 e. The van der Waals surface area contributed by atoms with Crippen molar-refractivity contribution in [1.82, 2.24) is 0 Å². The van der Waals surface area contributed by atoms with Crippen molar-refractivity contribution in [2.75, 3.05) is 18.0 Å². The average molecular weight is 252 g/mol. The molecule has 0 fully saturated rings. The summed E-state index contributed by atoms with van der Waals surface area (Å²) < 4.78 is 0. The van der Waals surface area contributed by atoms with E-state index in [1.165, 1.54) is 12.1 Å². The number of hydrogen-bond donors (Lipinski definition) is 1. The molecule has 1 aromatic rings. The molecule has 18 heavy (non-hydrogen) atoms. The van der Waals surface area contributed by atoms with Crippen molar-refractivity contribution in [2.45, 2.75) is 20.3 Å². The Morgan fingerprint density at radius 2 is 2.11 bits per heavy atom. The predicted molar refractivity (Wildman–Crippen MR) is 68.2 cm³/mol. The molecule has 0 bridgehead atoms. The average Bonchev–Trinajstić information content (AvgIpc) is 2.35. The number of carboxylic acids is 1. The number of carbonyl (C=O) groups is 1. The van der Waals surface area contributed by atoms with Crippen LogP contribution in [-0.2, 0) is 0 Å². The Morgan fingerprint density at radius 3 is 2.56 bits per heavy atom. The SMILES string of the molecule is CCCN(CC)c1ccc(C(=O)O)c([N+](=O)[O-])c1. The van der Waals surface area contributed by atoms with E-state index in [1.807, 2.05) is 18.7 Å². The van der Waals surface area contributed by atoms with Crippen molar-refractivity contribution in [1.29, 1.82) is 0 Å². The maximum absolute atomic E-state index is 10.9. The minimum absolute atomic E-state index is 0.281. The molecule has 6 nitrogen and oxygen atoms in total. The van der Waals surface area contributed by atoms with Crippen LogP contribution in [0.25, 0.3) is 0 Å². The van der Waals surface area contributed by atoms with Crippen molar-refractivity contribution in [3.05, 3.63) is 33.9 Å². The summed E-state index contributed by atoms with van der Waals surface area (Å²) in [5.74, 6) is -1.29. The van der Waals surface area contributed by atoms with Gasteiger partial charge in [0.1, 0.15) is 5.56 Å². The van der Waals surface area contributed by atoms with Crippen molar-refractivity contribution in [2.24, 2.45) is 0 Å². The number of rotatable bonds is 6. The van der Waals surface area contributed by atoms with Crippen LogP contribution in [0.3, 0.4) is 0 Å². The van der Waals surface area contributed by atoms with Crippen molar-refractivity contribution in [3.63, 3.8) is 0 Å². The van der Waals surface area contributed by atoms with Crippen molar-refractivity contribution in [3.8, 4) is 0 Å². The first-order chi connectivity index (χ1) is 8.51. The van der Waals surface area contributed by atoms with Crippen LogP contribution in [0.1, 0.15) is 30.6 Å². The molecule has 0 saturated carbocycles. The Morgan fingerprint density at radius 1 is 1.44 bits per heavy atom. The first-order valence-corrected chi connectivity index (χ1v) is 5.77. The zero-order chi connectivity index (χ0) is 13.7. The van der Waals surface area contributed by atoms with E-state index in [4.69, 9.17) is 5.11 Å². The van der Waals surface area contributed by atoms with E-state index in [0.717, 1.165) is 19.5 Å². The van der Waals surface area contributed by atoms with E-state index >= 15 is 0 Å². The lowest BCUT2D eigenvalue weighted by Gasteiger charge is -2.22. The quantitative estimate of drug-likeness (QED) is 0.621. The number of nitro groups is 1. The molecular formula is C12H16N2O4. The summed E-state index contributed by atoms with van der Waals surface area (Å²) in [6.07, 6.45) is 0.919. The molecule has 0 radical (unpaired) electrons. The fourth-order valence-corrected chi connectivity index (χ4v) is 1.79. The van der Waals surface area contributed by atoms with Gasteiger partial charge in [-0.3, -0.25) is 10.1 Å². The number of nitrogens with zero attached hydrogens (tertiary/aromatic N) is 2. The van der Waals surface area contributed by atoms with Crippen LogP contribution in [-0.4, -0.2) is 29.1 Å². The zero-order valence-corrected chi connectivity index (χ0v) is 10.4. The van der Waals surface area contributed by atoms with E-state index < -0.39 is 10.9 Å². The van der Waals surface area contributed by atoms with E-state index in [-0.39, 0.29) is 11.3 Å². The Kier molecular flexibility index (Phi) is 4.65. The summed E-state index contributed by atoms with van der Waals surface area (Å²) in [6.45, 7) is 5.47. The van der Waals surface area contributed by atoms with Crippen LogP contribution < -0.4 is 4.90 Å². The molecule has 0 aliphatic carbocycles. The van der Waals surface area contributed by atoms with Gasteiger partial charge in [-0.15, -0.1) is 0 Å². The molecule has 1 rings (SSSR count). The van der Waals surface area contributed by atoms with Gasteiger partial charge >= 0.3 is 5.97 Å². The van der Waals surface area contributed by atoms with Crippen LogP contribution in [0.5, 0.6) is 0 Å². The first kappa shape index (κ1) is 14.0. The van der Waals surface area contributed by atoms with E-state index in [1.54, 1.807) is 6.07 Å². The Hall–Kier alpha value is -2.11. The second-order valence-corrected chi connectivity index (χ2v) is 3.84. The molecule has 0 atom stereocenters. The molecule has 1 aromatic carbocycles. The normalized spacial score (nSPS) is 10.1. The van der Waals surface area contributed by atoms with Gasteiger partial charge in [0.05, 0.1) is 4.92 Å². The molecule has 1 N–H and O–H groups in total. The van der Waals surface area contributed by atoms with Crippen LogP contribution in [0.15, 0.2) is 18.2 Å². The monoisotopic (exact) mass is 252 g/mol. The molecule has 6 heteroatoms. The Bertz CT molecular complexity index is 459. The second-order valence-electron chi connectivity index (χ2n) is 3.84. The summed E-state index contributed by atoms with van der Waals surface area (Å²) in [4.78, 5) is 23.1. The van der Waals surface area contributed by atoms with E-state index in [9.17, 15) is 14.9 Å². The number of aromatic carboxylic acids is 1. The van der Waals surface area contributed by atoms with Gasteiger partial charge in [0, 0.05) is 24.8 Å². The fourth-order valence-electron chi connectivity index (χ4n) is 1.79. The van der Waals surface area contributed by atoms with Gasteiger partial charge < -0.3 is 10.0 Å². The molecule has 0 amide bonds. The Balaban J connectivity index is 3.21. The van der Waals surface area contributed by atoms with Crippen LogP contribution in [0, 0.1) is 10.1 Å². The maximum atomic E-state index is 10.9. The van der Waals surface area contributed by atoms with Gasteiger partial charge in [0.15, 0.2) is 0 Å². The topological polar surface area (TPSA) is 83.7 Å². The van der Waals surface area contributed by atoms with E-state index in [2.05, 4.69) is 0 Å². The molecule has 98 valence electrons. The fraction of sp³-hybridized carbons (Fsp3) is 0.417. The van der Waals surface area contributed by atoms with Crippen molar-refractivity contribution >= 4 is 17.3 Å². The molecule has 0 unspecified atom stereocenters. The lowest BCUT2D eigenvalue weighted by atomic mass is 10.1. The highest BCUT2D eigenvalue weighted by molar-refractivity contribution is 5.93. The molecule has 0 aliphatic heterocycles. The van der Waals surface area contributed by atoms with Crippen LogP contribution in [0.2, 0.25) is 0 Å². The molecular weight excluding hydrogens is 236 g/mol. The highest BCUT2D eigenvalue weighted by Crippen LogP contribution is 2.25. The summed E-state index contributed by atoms with van der Waals surface area (Å²) in [6, 6.07) is 4.21. The summed E-state index contributed by atoms with van der Waals surface area (Å²) in [7, 11) is 0. The molecule has 0 heterocycles. The third kappa shape index (κ3) is 2.97. The van der Waals surface area contributed by atoms with Gasteiger partial charge in [0.25, 0.3) is 5.69 Å². The molecule has 0 saturated heterocycles. The highest BCUT2D eigenvalue weighted by Gasteiger charge is 2.21. The number of nitro benzene ring substituents is 1. The number of hydrogen-bond acceptors (Lipinski definition) is 4. The zero-order valence-electron chi connectivity index (χ0n) is 10.4. The minimum atomic E-state index is -1.29. The van der Waals surface area contributed by atoms with Gasteiger partial charge in [-0.1, -0.05) is 6.92 Å². The van der Waals surface area contributed by atoms with Crippen LogP contribution in [0.4, 0.5) is 11.4 Å². The second kappa shape index (κ2) is 6.00. The Labute approximate surface area is 105 Å². The first-order valence-electron chi connectivity index (χ1n) is 5.77. The largest absolute Gasteiger partial charge is 0.477 e. The summed E-state index contributed by atoms with van der Waals surface area (Å²) >= 11 is 0. The lowest BCUT2D eigenvalue weighted by Crippen LogP contribution is -2.23. The maximum Gasteiger partial charge on any atom is 0.342 e. The predicted octanol–water partition coefficient (Wildman–Crippen LogP) is 2.53. The standard InChI is InChI=1S/C12H16N2O4/c1-3-7-13(4-2)9-5-6-10(12(15)16)11(8-9)14(17)18/h5-6,8H,3-4,7H2,1-2H3,(H,15,16). The third-order valence-electron chi connectivity index (χ3n) is 2.65. The highest BCUT2D eigenvalue weighted by atomic mass is 16.6. The smallest absolute Gasteiger partial charge is 0.342 e. The van der Waals surface area contributed by atoms with Gasteiger partial charge in [0.2, 0.25) is 0 Å². The summed E-state index contributed by atoms with van der Waals surface area (Å²) in [5, 5.41) is 19.8. The summed E-state index contributed by atoms with van der Waals surface area (Å²) in [5.41, 5.74) is 0.0295. The van der Waals surface area contributed by atoms with Gasteiger partial charge in [-0.05, 0) is 25.5 Å². The van der Waals surface area contributed by atoms with Crippen LogP contribution >= 0.6 is 0 Å². The van der Waals surface area contributed by atoms with Gasteiger partial charge in [-0.25, -0.2) is 4.79 Å². The van der Waals surface area contributed by atoms with Crippen molar-refractivity contribution < 1.29 is 14.8 Å². The third-order valence-corrected chi connectivity index (χ3v) is 2.65. The number of anilines is 1. The number of benzene rings is 1. The van der Waals surface area contributed by atoms with E-state index in [0.29, 0.717) is 5.69 Å². The molecule has 0 spiro atoms. The lowest BCUT2D eigenvalue weighted by molar-refractivity contribution is -0.385. The number of carboxylic acid groups (broad SMARTS) is 1. The molecule has 0 aliphatic rings.